The fraction of sp³-hybridized carbons (Fsp3) is 0.222. The normalized spacial score (nSPS) is 10.7. The lowest BCUT2D eigenvalue weighted by Crippen LogP contribution is -1.94. The van der Waals surface area contributed by atoms with Crippen molar-refractivity contribution in [3.63, 3.8) is 0 Å². The number of aryl methyl sites for hydroxylation is 2. The van der Waals surface area contributed by atoms with Crippen LogP contribution in [0.3, 0.4) is 0 Å². The quantitative estimate of drug-likeness (QED) is 0.603. The second-order valence-electron chi connectivity index (χ2n) is 2.87. The number of halogens is 1. The average Bonchev–Trinajstić information content (AvgIpc) is 2.08. The minimum Gasteiger partial charge on any atom is -0.248 e. The minimum absolute atomic E-state index is 0.449. The van der Waals surface area contributed by atoms with Crippen molar-refractivity contribution in [2.45, 2.75) is 13.8 Å². The van der Waals surface area contributed by atoms with Gasteiger partial charge in [-0.05, 0) is 26.0 Å². The smallest absolute Gasteiger partial charge is 0.179 e. The third kappa shape index (κ3) is 1.47. The zero-order chi connectivity index (χ0) is 9.42. The first-order chi connectivity index (χ1) is 6.16. The van der Waals surface area contributed by atoms with Crippen molar-refractivity contribution in [3.05, 3.63) is 28.7 Å². The first kappa shape index (κ1) is 8.38. The Bertz CT molecular complexity index is 468. The Kier molecular flexibility index (Phi) is 1.88. The van der Waals surface area contributed by atoms with Crippen LogP contribution in [-0.4, -0.2) is 15.0 Å². The maximum Gasteiger partial charge on any atom is 0.179 e. The molecule has 2 aromatic heterocycles. The van der Waals surface area contributed by atoms with Gasteiger partial charge < -0.3 is 0 Å². The molecule has 2 rings (SSSR count). The monoisotopic (exact) mass is 193 g/mol. The first-order valence-corrected chi connectivity index (χ1v) is 4.32. The summed E-state index contributed by atoms with van der Waals surface area (Å²) in [5.74, 6) is 0. The summed E-state index contributed by atoms with van der Waals surface area (Å²) < 4.78 is 0. The van der Waals surface area contributed by atoms with E-state index in [4.69, 9.17) is 11.6 Å². The van der Waals surface area contributed by atoms with E-state index < -0.39 is 0 Å². The highest BCUT2D eigenvalue weighted by Crippen LogP contribution is 2.13. The van der Waals surface area contributed by atoms with Gasteiger partial charge in [0.15, 0.2) is 5.65 Å². The summed E-state index contributed by atoms with van der Waals surface area (Å²) in [6, 6.07) is 3.54. The summed E-state index contributed by atoms with van der Waals surface area (Å²) in [5, 5.41) is 0.449. The predicted octanol–water partition coefficient (Wildman–Crippen LogP) is 2.30. The molecule has 0 N–H and O–H groups in total. The second kappa shape index (κ2) is 2.92. The van der Waals surface area contributed by atoms with Gasteiger partial charge in [0.25, 0.3) is 0 Å². The van der Waals surface area contributed by atoms with Crippen molar-refractivity contribution in [1.82, 2.24) is 15.0 Å². The Morgan fingerprint density at radius 3 is 2.46 bits per heavy atom. The number of pyridine rings is 1. The number of fused-ring (bicyclic) bond motifs is 1. The predicted molar refractivity (Wildman–Crippen MR) is 51.8 cm³/mol. The van der Waals surface area contributed by atoms with Crippen LogP contribution in [0.2, 0.25) is 5.15 Å². The molecule has 3 nitrogen and oxygen atoms in total. The van der Waals surface area contributed by atoms with E-state index in [0.29, 0.717) is 10.8 Å². The van der Waals surface area contributed by atoms with Crippen LogP contribution in [0, 0.1) is 13.8 Å². The molecule has 0 atom stereocenters. The van der Waals surface area contributed by atoms with Crippen LogP contribution < -0.4 is 0 Å². The van der Waals surface area contributed by atoms with E-state index in [1.165, 1.54) is 0 Å². The summed E-state index contributed by atoms with van der Waals surface area (Å²) >= 11 is 5.73. The van der Waals surface area contributed by atoms with Gasteiger partial charge in [0.1, 0.15) is 10.7 Å². The van der Waals surface area contributed by atoms with Crippen LogP contribution in [0.15, 0.2) is 12.1 Å². The molecule has 4 heteroatoms. The van der Waals surface area contributed by atoms with Crippen molar-refractivity contribution in [1.29, 1.82) is 0 Å². The molecule has 0 aliphatic rings. The lowest BCUT2D eigenvalue weighted by molar-refractivity contribution is 1.08. The molecule has 66 valence electrons. The molecule has 0 spiro atoms. The zero-order valence-corrected chi connectivity index (χ0v) is 8.13. The van der Waals surface area contributed by atoms with Gasteiger partial charge in [0.05, 0.1) is 11.4 Å². The highest BCUT2D eigenvalue weighted by Gasteiger charge is 2.02. The maximum absolute atomic E-state index is 5.73. The van der Waals surface area contributed by atoms with Crippen LogP contribution in [0.25, 0.3) is 11.2 Å². The Morgan fingerprint density at radius 2 is 1.69 bits per heavy atom. The number of hydrogen-bond donors (Lipinski definition) is 0. The summed E-state index contributed by atoms with van der Waals surface area (Å²) in [4.78, 5) is 12.7. The molecule has 0 aliphatic carbocycles. The van der Waals surface area contributed by atoms with Crippen molar-refractivity contribution in [3.8, 4) is 0 Å². The molecule has 0 aliphatic heterocycles. The molecular weight excluding hydrogens is 186 g/mol. The third-order valence-electron chi connectivity index (χ3n) is 1.91. The Labute approximate surface area is 80.8 Å². The van der Waals surface area contributed by atoms with Crippen molar-refractivity contribution >= 4 is 22.8 Å². The Balaban J connectivity index is 2.81. The largest absolute Gasteiger partial charge is 0.248 e. The van der Waals surface area contributed by atoms with Crippen LogP contribution >= 0.6 is 11.6 Å². The molecule has 0 saturated carbocycles. The highest BCUT2D eigenvalue weighted by molar-refractivity contribution is 6.29. The Hall–Kier alpha value is -1.22. The SMILES string of the molecule is Cc1nc2ccc(Cl)nc2nc1C. The van der Waals surface area contributed by atoms with E-state index in [1.54, 1.807) is 6.07 Å². The van der Waals surface area contributed by atoms with Crippen molar-refractivity contribution in [2.75, 3.05) is 0 Å². The summed E-state index contributed by atoms with van der Waals surface area (Å²) in [6.45, 7) is 3.83. The molecule has 2 aromatic rings. The summed E-state index contributed by atoms with van der Waals surface area (Å²) in [6.07, 6.45) is 0. The number of nitrogens with zero attached hydrogens (tertiary/aromatic N) is 3. The molecule has 13 heavy (non-hydrogen) atoms. The Morgan fingerprint density at radius 1 is 1.00 bits per heavy atom. The summed E-state index contributed by atoms with van der Waals surface area (Å²) in [5.41, 5.74) is 3.21. The third-order valence-corrected chi connectivity index (χ3v) is 2.12. The van der Waals surface area contributed by atoms with Gasteiger partial charge >= 0.3 is 0 Å². The second-order valence-corrected chi connectivity index (χ2v) is 3.26. The molecule has 0 bridgehead atoms. The van der Waals surface area contributed by atoms with Gasteiger partial charge in [-0.15, -0.1) is 0 Å². The molecule has 0 aromatic carbocycles. The van der Waals surface area contributed by atoms with Gasteiger partial charge in [-0.1, -0.05) is 11.6 Å². The molecule has 0 unspecified atom stereocenters. The molecule has 0 radical (unpaired) electrons. The van der Waals surface area contributed by atoms with Crippen molar-refractivity contribution < 1.29 is 0 Å². The van der Waals surface area contributed by atoms with E-state index in [-0.39, 0.29) is 0 Å². The van der Waals surface area contributed by atoms with Crippen LogP contribution in [0.1, 0.15) is 11.4 Å². The van der Waals surface area contributed by atoms with Crippen LogP contribution in [-0.2, 0) is 0 Å². The average molecular weight is 194 g/mol. The van der Waals surface area contributed by atoms with E-state index in [0.717, 1.165) is 16.9 Å². The maximum atomic E-state index is 5.73. The van der Waals surface area contributed by atoms with Gasteiger partial charge in [-0.3, -0.25) is 0 Å². The molecule has 0 saturated heterocycles. The van der Waals surface area contributed by atoms with E-state index in [9.17, 15) is 0 Å². The lowest BCUT2D eigenvalue weighted by Gasteiger charge is -2.00. The highest BCUT2D eigenvalue weighted by atomic mass is 35.5. The number of rotatable bonds is 0. The van der Waals surface area contributed by atoms with Crippen LogP contribution in [0.4, 0.5) is 0 Å². The topological polar surface area (TPSA) is 38.7 Å². The van der Waals surface area contributed by atoms with Gasteiger partial charge in [0, 0.05) is 0 Å². The van der Waals surface area contributed by atoms with E-state index >= 15 is 0 Å². The standard InChI is InChI=1S/C9H8ClN3/c1-5-6(2)12-9-7(11-5)3-4-8(10)13-9/h3-4H,1-2H3. The van der Waals surface area contributed by atoms with Crippen molar-refractivity contribution in [2.24, 2.45) is 0 Å². The molecular formula is C9H8ClN3. The van der Waals surface area contributed by atoms with Gasteiger partial charge in [-0.2, -0.15) is 0 Å². The number of aromatic nitrogens is 3. The number of hydrogen-bond acceptors (Lipinski definition) is 3. The molecule has 0 fully saturated rings. The summed E-state index contributed by atoms with van der Waals surface area (Å²) in [7, 11) is 0. The van der Waals surface area contributed by atoms with Gasteiger partial charge in [0.2, 0.25) is 0 Å². The van der Waals surface area contributed by atoms with E-state index in [2.05, 4.69) is 15.0 Å². The minimum atomic E-state index is 0.449. The van der Waals surface area contributed by atoms with Gasteiger partial charge in [-0.25, -0.2) is 15.0 Å². The molecule has 0 amide bonds. The fourth-order valence-corrected chi connectivity index (χ4v) is 1.23. The molecule has 2 heterocycles. The lowest BCUT2D eigenvalue weighted by atomic mass is 10.3. The zero-order valence-electron chi connectivity index (χ0n) is 7.37. The fourth-order valence-electron chi connectivity index (χ4n) is 1.09. The van der Waals surface area contributed by atoms with Crippen LogP contribution in [0.5, 0.6) is 0 Å². The first-order valence-electron chi connectivity index (χ1n) is 3.94. The van der Waals surface area contributed by atoms with E-state index in [1.807, 2.05) is 19.9 Å².